The molecule has 2 unspecified atom stereocenters. The van der Waals surface area contributed by atoms with E-state index in [2.05, 4.69) is 22.8 Å². The quantitative estimate of drug-likeness (QED) is 0.792. The van der Waals surface area contributed by atoms with Gasteiger partial charge >= 0.3 is 0 Å². The van der Waals surface area contributed by atoms with Gasteiger partial charge in [-0.15, -0.1) is 0 Å². The van der Waals surface area contributed by atoms with E-state index in [9.17, 15) is 4.79 Å². The number of hydrogen-bond donors (Lipinski definition) is 2. The largest absolute Gasteiger partial charge is 0.362 e. The normalized spacial score (nSPS) is 22.3. The summed E-state index contributed by atoms with van der Waals surface area (Å²) in [7, 11) is 7.88. The third kappa shape index (κ3) is 3.76. The van der Waals surface area contributed by atoms with Gasteiger partial charge in [0.25, 0.3) is 0 Å². The lowest BCUT2D eigenvalue weighted by Gasteiger charge is -2.32. The molecule has 1 aromatic heterocycles. The molecule has 0 spiro atoms. The van der Waals surface area contributed by atoms with Gasteiger partial charge in [-0.1, -0.05) is 13.3 Å². The zero-order valence-electron chi connectivity index (χ0n) is 16.5. The summed E-state index contributed by atoms with van der Waals surface area (Å²) in [6.07, 6.45) is 3.85. The molecule has 0 bridgehead atoms. The average Bonchev–Trinajstić information content (AvgIpc) is 3.08. The molecule has 0 radical (unpaired) electrons. The second-order valence-corrected chi connectivity index (χ2v) is 7.63. The minimum Gasteiger partial charge on any atom is -0.362 e. The van der Waals surface area contributed by atoms with Gasteiger partial charge in [-0.25, -0.2) is 10.4 Å². The van der Waals surface area contributed by atoms with Crippen molar-refractivity contribution in [3.05, 3.63) is 11.3 Å². The van der Waals surface area contributed by atoms with Crippen LogP contribution in [0.5, 0.6) is 0 Å². The first-order valence-corrected chi connectivity index (χ1v) is 9.45. The number of rotatable bonds is 5. The Morgan fingerprint density at radius 3 is 2.62 bits per heavy atom. The molecular weight excluding hydrogens is 330 g/mol. The van der Waals surface area contributed by atoms with Crippen LogP contribution in [0.25, 0.3) is 0 Å². The molecule has 2 N–H and O–H groups in total. The lowest BCUT2D eigenvalue weighted by molar-refractivity contribution is -0.134. The van der Waals surface area contributed by atoms with E-state index < -0.39 is 0 Å². The lowest BCUT2D eigenvalue weighted by atomic mass is 10.0. The van der Waals surface area contributed by atoms with Crippen LogP contribution >= 0.6 is 0 Å². The molecule has 3 heterocycles. The fraction of sp³-hybridized carbons (Fsp3) is 0.722. The first kappa shape index (κ1) is 18.8. The van der Waals surface area contributed by atoms with Crippen molar-refractivity contribution < 1.29 is 4.79 Å². The number of aromatic nitrogens is 2. The van der Waals surface area contributed by atoms with E-state index >= 15 is 0 Å². The van der Waals surface area contributed by atoms with Crippen LogP contribution in [-0.2, 0) is 17.8 Å². The van der Waals surface area contributed by atoms with Gasteiger partial charge in [0.2, 0.25) is 11.9 Å². The number of fused-ring (bicyclic) bond motifs is 1. The maximum Gasteiger partial charge on any atom is 0.241 e. The molecule has 1 fully saturated rings. The van der Waals surface area contributed by atoms with E-state index in [-0.39, 0.29) is 11.9 Å². The Morgan fingerprint density at radius 1 is 1.19 bits per heavy atom. The minimum absolute atomic E-state index is 0.142. The standard InChI is InChI=1S/C18H31N7O/c1-6-7-12-10-14(22-21-12)17(26)25-9-8-13-15(11-25)19-18(24(4)5)20-16(13)23(2)3/h12,14,21-22H,6-11H2,1-5H3. The third-order valence-corrected chi connectivity index (χ3v) is 5.08. The van der Waals surface area contributed by atoms with Gasteiger partial charge in [0.1, 0.15) is 11.9 Å². The zero-order valence-corrected chi connectivity index (χ0v) is 16.5. The van der Waals surface area contributed by atoms with E-state index in [0.29, 0.717) is 25.1 Å². The van der Waals surface area contributed by atoms with Crippen LogP contribution in [0.3, 0.4) is 0 Å². The molecule has 0 aliphatic carbocycles. The number of nitrogens with one attached hydrogen (secondary N) is 2. The Labute approximate surface area is 155 Å². The number of carbonyl (C=O) groups is 1. The molecule has 2 aliphatic heterocycles. The molecular formula is C18H31N7O. The Kier molecular flexibility index (Phi) is 5.62. The van der Waals surface area contributed by atoms with Gasteiger partial charge in [-0.3, -0.25) is 10.2 Å². The maximum absolute atomic E-state index is 13.0. The number of amides is 1. The number of hydrogen-bond acceptors (Lipinski definition) is 7. The molecule has 8 heteroatoms. The predicted molar refractivity (Wildman–Crippen MR) is 103 cm³/mol. The van der Waals surface area contributed by atoms with Crippen LogP contribution in [0.4, 0.5) is 11.8 Å². The van der Waals surface area contributed by atoms with Crippen LogP contribution in [0.15, 0.2) is 0 Å². The monoisotopic (exact) mass is 361 g/mol. The van der Waals surface area contributed by atoms with Crippen LogP contribution in [0.1, 0.15) is 37.4 Å². The van der Waals surface area contributed by atoms with Crippen LogP contribution in [0, 0.1) is 0 Å². The number of nitrogens with zero attached hydrogens (tertiary/aromatic N) is 5. The summed E-state index contributed by atoms with van der Waals surface area (Å²) in [6, 6.07) is 0.241. The first-order valence-electron chi connectivity index (χ1n) is 9.45. The van der Waals surface area contributed by atoms with E-state index in [1.807, 2.05) is 42.9 Å². The summed E-state index contributed by atoms with van der Waals surface area (Å²) < 4.78 is 0. The van der Waals surface area contributed by atoms with Crippen molar-refractivity contribution in [1.29, 1.82) is 0 Å². The fourth-order valence-corrected chi connectivity index (χ4v) is 3.70. The SMILES string of the molecule is CCCC1CC(C(=O)N2CCc3c(nc(N(C)C)nc3N(C)C)C2)NN1. The molecule has 8 nitrogen and oxygen atoms in total. The van der Waals surface area contributed by atoms with Crippen molar-refractivity contribution in [1.82, 2.24) is 25.7 Å². The first-order chi connectivity index (χ1) is 12.4. The Balaban J connectivity index is 1.77. The lowest BCUT2D eigenvalue weighted by Crippen LogP contribution is -2.47. The minimum atomic E-state index is -0.142. The van der Waals surface area contributed by atoms with E-state index in [1.165, 1.54) is 0 Å². The molecule has 1 aromatic rings. The van der Waals surface area contributed by atoms with E-state index in [0.717, 1.165) is 42.8 Å². The molecule has 144 valence electrons. The highest BCUT2D eigenvalue weighted by Crippen LogP contribution is 2.28. The topological polar surface area (TPSA) is 76.6 Å². The van der Waals surface area contributed by atoms with Crippen molar-refractivity contribution in [3.8, 4) is 0 Å². The highest BCUT2D eigenvalue weighted by molar-refractivity contribution is 5.82. The predicted octanol–water partition coefficient (Wildman–Crippen LogP) is 0.529. The van der Waals surface area contributed by atoms with Crippen molar-refractivity contribution in [2.75, 3.05) is 44.5 Å². The number of hydrazine groups is 1. The molecule has 26 heavy (non-hydrogen) atoms. The van der Waals surface area contributed by atoms with Crippen LogP contribution < -0.4 is 20.7 Å². The van der Waals surface area contributed by atoms with Crippen molar-refractivity contribution in [3.63, 3.8) is 0 Å². The van der Waals surface area contributed by atoms with Crippen LogP contribution in [-0.4, -0.2) is 67.6 Å². The average molecular weight is 361 g/mol. The summed E-state index contributed by atoms with van der Waals surface area (Å²) in [4.78, 5) is 28.2. The summed E-state index contributed by atoms with van der Waals surface area (Å²) >= 11 is 0. The van der Waals surface area contributed by atoms with Gasteiger partial charge in [-0.2, -0.15) is 4.98 Å². The van der Waals surface area contributed by atoms with Gasteiger partial charge in [-0.05, 0) is 19.3 Å². The second kappa shape index (κ2) is 7.75. The molecule has 2 aliphatic rings. The van der Waals surface area contributed by atoms with Gasteiger partial charge in [0, 0.05) is 46.3 Å². The summed E-state index contributed by atoms with van der Waals surface area (Å²) in [6.45, 7) is 3.44. The zero-order chi connectivity index (χ0) is 18.8. The number of anilines is 2. The molecule has 0 saturated carbocycles. The summed E-state index contributed by atoms with van der Waals surface area (Å²) in [5, 5.41) is 0. The molecule has 0 aromatic carbocycles. The third-order valence-electron chi connectivity index (χ3n) is 5.08. The summed E-state index contributed by atoms with van der Waals surface area (Å²) in [5.41, 5.74) is 8.56. The highest BCUT2D eigenvalue weighted by atomic mass is 16.2. The van der Waals surface area contributed by atoms with E-state index in [4.69, 9.17) is 4.98 Å². The molecule has 3 rings (SSSR count). The fourth-order valence-electron chi connectivity index (χ4n) is 3.70. The van der Waals surface area contributed by atoms with Gasteiger partial charge in [0.05, 0.1) is 12.2 Å². The van der Waals surface area contributed by atoms with Crippen molar-refractivity contribution >= 4 is 17.7 Å². The van der Waals surface area contributed by atoms with Gasteiger partial charge < -0.3 is 14.7 Å². The Hall–Kier alpha value is -1.93. The Bertz CT molecular complexity index is 661. The van der Waals surface area contributed by atoms with Crippen molar-refractivity contribution in [2.45, 2.75) is 51.2 Å². The smallest absolute Gasteiger partial charge is 0.241 e. The van der Waals surface area contributed by atoms with Crippen LogP contribution in [0.2, 0.25) is 0 Å². The number of carbonyl (C=O) groups excluding carboxylic acids is 1. The summed E-state index contributed by atoms with van der Waals surface area (Å²) in [5.74, 6) is 1.80. The molecule has 1 amide bonds. The molecule has 1 saturated heterocycles. The molecule has 2 atom stereocenters. The maximum atomic E-state index is 13.0. The Morgan fingerprint density at radius 2 is 1.96 bits per heavy atom. The highest BCUT2D eigenvalue weighted by Gasteiger charge is 2.34. The van der Waals surface area contributed by atoms with Crippen molar-refractivity contribution in [2.24, 2.45) is 0 Å². The van der Waals surface area contributed by atoms with Gasteiger partial charge in [0.15, 0.2) is 0 Å². The second-order valence-electron chi connectivity index (χ2n) is 7.63. The van der Waals surface area contributed by atoms with E-state index in [1.54, 1.807) is 0 Å².